The van der Waals surface area contributed by atoms with Crippen molar-refractivity contribution in [3.8, 4) is 11.5 Å². The third kappa shape index (κ3) is 3.88. The van der Waals surface area contributed by atoms with Crippen LogP contribution in [0.4, 0.5) is 0 Å². The lowest BCUT2D eigenvalue weighted by Crippen LogP contribution is -2.34. The van der Waals surface area contributed by atoms with E-state index in [2.05, 4.69) is 20.9 Å². The van der Waals surface area contributed by atoms with Gasteiger partial charge in [0.1, 0.15) is 11.5 Å². The molecule has 1 aromatic heterocycles. The summed E-state index contributed by atoms with van der Waals surface area (Å²) in [6.45, 7) is 2.28. The number of hydrogen-bond donors (Lipinski definition) is 1. The molecule has 2 heterocycles. The number of benzene rings is 1. The summed E-state index contributed by atoms with van der Waals surface area (Å²) in [6, 6.07) is 6.66. The monoisotopic (exact) mass is 438 g/mol. The Balaban J connectivity index is 1.84. The van der Waals surface area contributed by atoms with Crippen LogP contribution in [0.1, 0.15) is 12.5 Å². The molecule has 1 aliphatic rings. The highest BCUT2D eigenvalue weighted by atomic mass is 79.9. The van der Waals surface area contributed by atoms with E-state index < -0.39 is 15.9 Å². The van der Waals surface area contributed by atoms with Gasteiger partial charge in [-0.3, -0.25) is 9.78 Å². The van der Waals surface area contributed by atoms with Gasteiger partial charge in [0.25, 0.3) is 15.9 Å². The molecule has 0 aliphatic carbocycles. The highest BCUT2D eigenvalue weighted by Crippen LogP contribution is 2.35. The summed E-state index contributed by atoms with van der Waals surface area (Å²) in [6.07, 6.45) is 4.20. The first-order valence-electron chi connectivity index (χ1n) is 7.67. The first kappa shape index (κ1) is 18.4. The molecule has 0 fully saturated rings. The van der Waals surface area contributed by atoms with Crippen molar-refractivity contribution in [3.63, 3.8) is 0 Å². The molecule has 9 heteroatoms. The summed E-state index contributed by atoms with van der Waals surface area (Å²) in [4.78, 5) is 16.1. The van der Waals surface area contributed by atoms with Crippen LogP contribution in [-0.4, -0.2) is 32.5 Å². The van der Waals surface area contributed by atoms with Gasteiger partial charge >= 0.3 is 0 Å². The first-order valence-corrected chi connectivity index (χ1v) is 9.95. The summed E-state index contributed by atoms with van der Waals surface area (Å²) >= 11 is 3.15. The number of carbonyl (C=O) groups excluding carboxylic acids is 1. The molecular weight excluding hydrogens is 424 g/mol. The Bertz CT molecular complexity index is 988. The quantitative estimate of drug-likeness (QED) is 0.770. The highest BCUT2D eigenvalue weighted by Gasteiger charge is 2.24. The number of para-hydroxylation sites is 1. The number of carbonyl (C=O) groups is 1. The molecule has 0 radical (unpaired) electrons. The number of amides is 1. The largest absolute Gasteiger partial charge is 0.490 e. The fourth-order valence-electron chi connectivity index (χ4n) is 2.37. The van der Waals surface area contributed by atoms with Gasteiger partial charge in [-0.2, -0.15) is 0 Å². The van der Waals surface area contributed by atoms with Gasteiger partial charge in [0.05, 0.1) is 12.2 Å². The van der Waals surface area contributed by atoms with Crippen LogP contribution in [0.25, 0.3) is 6.08 Å². The van der Waals surface area contributed by atoms with Crippen molar-refractivity contribution in [2.24, 2.45) is 0 Å². The lowest BCUT2D eigenvalue weighted by molar-refractivity contribution is -0.116. The van der Waals surface area contributed by atoms with Gasteiger partial charge in [-0.25, -0.2) is 13.1 Å². The van der Waals surface area contributed by atoms with E-state index in [1.54, 1.807) is 24.3 Å². The molecule has 1 amide bonds. The Morgan fingerprint density at radius 2 is 2.19 bits per heavy atom. The summed E-state index contributed by atoms with van der Waals surface area (Å²) < 4.78 is 38.3. The number of nitrogens with zero attached hydrogens (tertiary/aromatic N) is 1. The second-order valence-corrected chi connectivity index (χ2v) is 7.94. The number of sulfonamides is 1. The van der Waals surface area contributed by atoms with Crippen LogP contribution in [-0.2, 0) is 14.8 Å². The number of hydrogen-bond acceptors (Lipinski definition) is 6. The van der Waals surface area contributed by atoms with E-state index in [9.17, 15) is 13.2 Å². The Morgan fingerprint density at radius 3 is 2.92 bits per heavy atom. The zero-order chi connectivity index (χ0) is 18.7. The zero-order valence-electron chi connectivity index (χ0n) is 13.7. The SMILES string of the molecule is CCOc1cccc2c1OCC(C(=O)NS(=O)(=O)c1cncc(Br)c1)=C2. The summed E-state index contributed by atoms with van der Waals surface area (Å²) in [5.74, 6) is 0.357. The molecule has 1 aromatic carbocycles. The van der Waals surface area contributed by atoms with Crippen LogP contribution < -0.4 is 14.2 Å². The summed E-state index contributed by atoms with van der Waals surface area (Å²) in [5, 5.41) is 0. The normalized spacial score (nSPS) is 13.2. The van der Waals surface area contributed by atoms with Crippen LogP contribution in [0.5, 0.6) is 11.5 Å². The zero-order valence-corrected chi connectivity index (χ0v) is 16.1. The average Bonchev–Trinajstić information content (AvgIpc) is 2.61. The van der Waals surface area contributed by atoms with Crippen LogP contribution in [0.15, 0.2) is 51.6 Å². The predicted molar refractivity (Wildman–Crippen MR) is 98.3 cm³/mol. The number of aromatic nitrogens is 1. The van der Waals surface area contributed by atoms with Gasteiger partial charge in [-0.05, 0) is 41.1 Å². The minimum absolute atomic E-state index is 0.0603. The lowest BCUT2D eigenvalue weighted by atomic mass is 10.1. The van der Waals surface area contributed by atoms with Crippen LogP contribution >= 0.6 is 15.9 Å². The molecule has 3 rings (SSSR count). The molecule has 1 aliphatic heterocycles. The van der Waals surface area contributed by atoms with E-state index in [1.807, 2.05) is 11.6 Å². The minimum atomic E-state index is -4.04. The van der Waals surface area contributed by atoms with Gasteiger partial charge in [0.15, 0.2) is 11.5 Å². The van der Waals surface area contributed by atoms with E-state index in [1.165, 1.54) is 12.3 Å². The maximum Gasteiger partial charge on any atom is 0.265 e. The van der Waals surface area contributed by atoms with E-state index in [0.717, 1.165) is 6.20 Å². The molecule has 0 bridgehead atoms. The fraction of sp³-hybridized carbons (Fsp3) is 0.176. The summed E-state index contributed by atoms with van der Waals surface area (Å²) in [5.41, 5.74) is 0.839. The molecule has 0 saturated heterocycles. The van der Waals surface area contributed by atoms with Crippen molar-refractivity contribution in [3.05, 3.63) is 52.3 Å². The Kier molecular flexibility index (Phi) is 5.28. The average molecular weight is 439 g/mol. The molecule has 0 atom stereocenters. The van der Waals surface area contributed by atoms with E-state index >= 15 is 0 Å². The Hall–Kier alpha value is -2.39. The van der Waals surface area contributed by atoms with E-state index in [-0.39, 0.29) is 17.1 Å². The van der Waals surface area contributed by atoms with Crippen molar-refractivity contribution in [1.82, 2.24) is 9.71 Å². The van der Waals surface area contributed by atoms with Gasteiger partial charge in [0, 0.05) is 22.4 Å². The minimum Gasteiger partial charge on any atom is -0.490 e. The summed E-state index contributed by atoms with van der Waals surface area (Å²) in [7, 11) is -4.04. The highest BCUT2D eigenvalue weighted by molar-refractivity contribution is 9.10. The van der Waals surface area contributed by atoms with E-state index in [4.69, 9.17) is 9.47 Å². The second-order valence-electron chi connectivity index (χ2n) is 5.34. The second kappa shape index (κ2) is 7.46. The molecule has 7 nitrogen and oxygen atoms in total. The maximum atomic E-state index is 12.4. The molecular formula is C17H15BrN2O5S. The standard InChI is InChI=1S/C17H15BrN2O5S/c1-2-24-15-5-3-4-11-6-12(10-25-16(11)15)17(21)20-26(22,23)14-7-13(18)8-19-9-14/h3-9H,2,10H2,1H3,(H,20,21). The molecule has 0 unspecified atom stereocenters. The third-order valence-electron chi connectivity index (χ3n) is 3.52. The molecule has 2 aromatic rings. The van der Waals surface area contributed by atoms with Crippen LogP contribution in [0.2, 0.25) is 0 Å². The number of pyridine rings is 1. The maximum absolute atomic E-state index is 12.4. The van der Waals surface area contributed by atoms with Crippen LogP contribution in [0.3, 0.4) is 0 Å². The van der Waals surface area contributed by atoms with Gasteiger partial charge in [-0.15, -0.1) is 0 Å². The number of rotatable bonds is 5. The molecule has 1 N–H and O–H groups in total. The fourth-order valence-corrected chi connectivity index (χ4v) is 3.86. The van der Waals surface area contributed by atoms with Crippen molar-refractivity contribution < 1.29 is 22.7 Å². The van der Waals surface area contributed by atoms with Gasteiger partial charge in [-0.1, -0.05) is 12.1 Å². The van der Waals surface area contributed by atoms with Crippen molar-refractivity contribution in [2.75, 3.05) is 13.2 Å². The molecule has 0 spiro atoms. The third-order valence-corrected chi connectivity index (χ3v) is 5.25. The number of halogens is 1. The van der Waals surface area contributed by atoms with Gasteiger partial charge < -0.3 is 9.47 Å². The molecule has 0 saturated carbocycles. The lowest BCUT2D eigenvalue weighted by Gasteiger charge is -2.20. The van der Waals surface area contributed by atoms with Crippen molar-refractivity contribution in [2.45, 2.75) is 11.8 Å². The smallest absolute Gasteiger partial charge is 0.265 e. The van der Waals surface area contributed by atoms with Crippen LogP contribution in [0, 0.1) is 0 Å². The number of nitrogens with one attached hydrogen (secondary N) is 1. The van der Waals surface area contributed by atoms with Gasteiger partial charge in [0.2, 0.25) is 0 Å². The Morgan fingerprint density at radius 1 is 1.38 bits per heavy atom. The Labute approximate surface area is 159 Å². The number of ether oxygens (including phenoxy) is 2. The van der Waals surface area contributed by atoms with Crippen molar-refractivity contribution >= 4 is 37.9 Å². The molecule has 26 heavy (non-hydrogen) atoms. The number of fused-ring (bicyclic) bond motifs is 1. The van der Waals surface area contributed by atoms with Crippen molar-refractivity contribution in [1.29, 1.82) is 0 Å². The molecule has 136 valence electrons. The predicted octanol–water partition coefficient (Wildman–Crippen LogP) is 2.52. The first-order chi connectivity index (χ1) is 12.4. The van der Waals surface area contributed by atoms with E-state index in [0.29, 0.717) is 28.1 Å². The topological polar surface area (TPSA) is 94.6 Å².